The minimum atomic E-state index is -0.888. The van der Waals surface area contributed by atoms with Crippen LogP contribution in [0.5, 0.6) is 57.5 Å². The summed E-state index contributed by atoms with van der Waals surface area (Å²) < 4.78 is 10.7. The molecule has 0 aliphatic carbocycles. The van der Waals surface area contributed by atoms with Crippen molar-refractivity contribution in [2.24, 2.45) is 0 Å². The molecule has 57 heavy (non-hydrogen) atoms. The van der Waals surface area contributed by atoms with E-state index in [1.165, 1.54) is 12.1 Å². The summed E-state index contributed by atoms with van der Waals surface area (Å²) in [4.78, 5) is 24.3. The molecule has 0 spiro atoms. The molecule has 27 heteroatoms. The first kappa shape index (κ1) is 74.4. The topological polar surface area (TPSA) is 452 Å². The van der Waals surface area contributed by atoms with E-state index in [4.69, 9.17) is 8.83 Å². The first-order valence-corrected chi connectivity index (χ1v) is 12.2. The third-order valence-corrected chi connectivity index (χ3v) is 6.35. The van der Waals surface area contributed by atoms with E-state index in [1.54, 1.807) is 0 Å². The summed E-state index contributed by atoms with van der Waals surface area (Å²) in [5, 5.41) is 95.3. The number of benzene rings is 4. The Kier molecular flexibility index (Phi) is 38.7. The van der Waals surface area contributed by atoms with Crippen molar-refractivity contribution in [2.45, 2.75) is 0 Å². The van der Waals surface area contributed by atoms with Crippen LogP contribution in [0, 0.1) is 0 Å². The Morgan fingerprint density at radius 3 is 0.930 bits per heavy atom. The van der Waals surface area contributed by atoms with Crippen molar-refractivity contribution in [3.63, 3.8) is 0 Å². The van der Waals surface area contributed by atoms with E-state index in [0.29, 0.717) is 0 Å². The molecule has 0 aliphatic rings. The van der Waals surface area contributed by atoms with E-state index in [2.05, 4.69) is 0 Å². The van der Waals surface area contributed by atoms with Gasteiger partial charge in [0.15, 0.2) is 34.5 Å². The van der Waals surface area contributed by atoms with Gasteiger partial charge >= 0.3 is 67.3 Å². The third kappa shape index (κ3) is 15.0. The molecule has 0 atom stereocenters. The van der Waals surface area contributed by atoms with Crippen LogP contribution in [0.4, 0.5) is 0 Å². The molecule has 0 bridgehead atoms. The van der Waals surface area contributed by atoms with E-state index >= 15 is 0 Å². The molecule has 6 aromatic rings. The third-order valence-electron chi connectivity index (χ3n) is 6.35. The van der Waals surface area contributed by atoms with Crippen LogP contribution in [0.15, 0.2) is 79.1 Å². The zero-order valence-electron chi connectivity index (χ0n) is 28.1. The summed E-state index contributed by atoms with van der Waals surface area (Å²) in [5.74, 6) is -5.43. The van der Waals surface area contributed by atoms with Gasteiger partial charge in [-0.05, 0) is 36.4 Å². The maximum absolute atomic E-state index is 12.1. The van der Waals surface area contributed by atoms with E-state index < -0.39 is 45.4 Å². The smallest absolute Gasteiger partial charge is 1.00 e. The molecule has 304 valence electrons. The predicted molar refractivity (Wildman–Crippen MR) is 186 cm³/mol. The Labute approximate surface area is 389 Å². The van der Waals surface area contributed by atoms with Crippen molar-refractivity contribution in [2.75, 3.05) is 0 Å². The molecule has 0 saturated carbocycles. The SMILES string of the molecule is O.O.O.O.O.O.O=c1c(O)c(-c2ccc(O)c(O)c2)oc2cc(O)cc(O)c12.O=c1c(O)c(-c2ccc(O)c(O)c2)oc2cc(O)cc(O)c12.[Cl-].[Cl-].[Cl-].[Cl-].[Sn+4].[Sn+4].[Zn+2]. The number of aromatic hydroxyl groups is 10. The second-order valence-corrected chi connectivity index (χ2v) is 9.30. The molecular weight excluding hydrogens is 1120 g/mol. The average Bonchev–Trinajstić information content (AvgIpc) is 2.95. The monoisotopic (exact) mass is 1160 g/mol. The number of phenols is 8. The summed E-state index contributed by atoms with van der Waals surface area (Å²) in [5.41, 5.74) is -1.78. The minimum Gasteiger partial charge on any atom is -1.00 e. The van der Waals surface area contributed by atoms with Gasteiger partial charge in [-0.1, -0.05) is 0 Å². The van der Waals surface area contributed by atoms with Gasteiger partial charge in [-0.15, -0.1) is 0 Å². The van der Waals surface area contributed by atoms with E-state index in [9.17, 15) is 60.7 Å². The average molecular weight is 1160 g/mol. The van der Waals surface area contributed by atoms with Gasteiger partial charge in [-0.3, -0.25) is 9.59 Å². The van der Waals surface area contributed by atoms with Crippen LogP contribution in [0.1, 0.15) is 0 Å². The van der Waals surface area contributed by atoms with Crippen LogP contribution < -0.4 is 60.5 Å². The van der Waals surface area contributed by atoms with Gasteiger partial charge in [0.25, 0.3) is 0 Å². The molecule has 4 aromatic carbocycles. The maximum Gasteiger partial charge on any atom is 4.00 e. The van der Waals surface area contributed by atoms with Crippen molar-refractivity contribution in [1.29, 1.82) is 0 Å². The summed E-state index contributed by atoms with van der Waals surface area (Å²) in [6.07, 6.45) is 0. The molecule has 20 nitrogen and oxygen atoms in total. The molecule has 0 saturated heterocycles. The van der Waals surface area contributed by atoms with Gasteiger partial charge in [-0.2, -0.15) is 0 Å². The maximum atomic E-state index is 12.1. The van der Waals surface area contributed by atoms with Gasteiger partial charge < -0.3 is 142 Å². The van der Waals surface area contributed by atoms with Crippen molar-refractivity contribution < 1.29 is 162 Å². The molecule has 0 unspecified atom stereocenters. The zero-order valence-corrected chi connectivity index (χ0v) is 39.8. The van der Waals surface area contributed by atoms with E-state index in [-0.39, 0.29) is 217 Å². The minimum absolute atomic E-state index is 0. The molecule has 6 rings (SSSR count). The van der Waals surface area contributed by atoms with Crippen LogP contribution in [0.25, 0.3) is 44.6 Å². The van der Waals surface area contributed by atoms with E-state index in [1.807, 2.05) is 0 Å². The van der Waals surface area contributed by atoms with Crippen molar-refractivity contribution in [1.82, 2.24) is 0 Å². The fourth-order valence-corrected chi connectivity index (χ4v) is 4.27. The van der Waals surface area contributed by atoms with Gasteiger partial charge in [-0.25, -0.2) is 0 Å². The van der Waals surface area contributed by atoms with E-state index in [0.717, 1.165) is 48.5 Å². The standard InChI is InChI=1S/2C15H10O7.4ClH.6H2O.2Sn.Zn/c2*16-7-4-10(19)12-11(5-7)22-15(14(21)13(12)20)6-1-2-8(17)9(18)3-6;;;;;;;;;;;;;/h2*1-5,16-19,21H;4*1H;6*1H2;;;/q;;;;;;;;;;;;2*+4;+2/p-4. The molecule has 2 heterocycles. The predicted octanol–water partition coefficient (Wildman–Crippen LogP) is -13.7. The van der Waals surface area contributed by atoms with Crippen molar-refractivity contribution >= 4 is 69.8 Å². The van der Waals surface area contributed by atoms with Gasteiger partial charge in [0.2, 0.25) is 22.4 Å². The molecule has 0 aliphatic heterocycles. The number of rotatable bonds is 2. The van der Waals surface area contributed by atoms with Crippen LogP contribution in [-0.2, 0) is 19.5 Å². The quantitative estimate of drug-likeness (QED) is 0.0569. The fraction of sp³-hybridized carbons (Fsp3) is 0. The van der Waals surface area contributed by atoms with Crippen molar-refractivity contribution in [3.8, 4) is 80.1 Å². The Hall–Kier alpha value is -3.56. The van der Waals surface area contributed by atoms with Crippen LogP contribution >= 0.6 is 0 Å². The van der Waals surface area contributed by atoms with Crippen LogP contribution in [0.3, 0.4) is 0 Å². The Morgan fingerprint density at radius 2 is 0.667 bits per heavy atom. The molecule has 0 fully saturated rings. The molecule has 22 N–H and O–H groups in total. The van der Waals surface area contributed by atoms with Crippen LogP contribution in [-0.4, -0.2) is 132 Å². The number of hydrogen-bond acceptors (Lipinski definition) is 14. The first-order valence-electron chi connectivity index (χ1n) is 12.2. The molecular formula is C30H32Cl4O20Sn2Zn+6. The largest absolute Gasteiger partial charge is 4.00 e. The summed E-state index contributed by atoms with van der Waals surface area (Å²) in [6.45, 7) is 0. The molecule has 0 radical (unpaired) electrons. The number of fused-ring (bicyclic) bond motifs is 2. The number of halogens is 4. The van der Waals surface area contributed by atoms with Crippen LogP contribution in [0.2, 0.25) is 0 Å². The number of hydrogen-bond donors (Lipinski definition) is 10. The van der Waals surface area contributed by atoms with Crippen molar-refractivity contribution in [3.05, 3.63) is 81.1 Å². The molecule has 0 amide bonds. The summed E-state index contributed by atoms with van der Waals surface area (Å²) in [6, 6.07) is 11.3. The van der Waals surface area contributed by atoms with Gasteiger partial charge in [0.1, 0.15) is 44.9 Å². The Morgan fingerprint density at radius 1 is 0.386 bits per heavy atom. The second-order valence-electron chi connectivity index (χ2n) is 9.30. The van der Waals surface area contributed by atoms with Gasteiger partial charge in [0.05, 0.1) is 0 Å². The zero-order chi connectivity index (χ0) is 32.0. The number of phenolic OH excluding ortho intramolecular Hbond substituents is 8. The van der Waals surface area contributed by atoms with Gasteiger partial charge in [0, 0.05) is 35.4 Å². The fourth-order valence-electron chi connectivity index (χ4n) is 4.27. The molecule has 2 aromatic heterocycles. The first-order chi connectivity index (χ1) is 20.8. The summed E-state index contributed by atoms with van der Waals surface area (Å²) in [7, 11) is 0. The second kappa shape index (κ2) is 29.6. The summed E-state index contributed by atoms with van der Waals surface area (Å²) >= 11 is 0. The Balaban J connectivity index is -0.0000000940. The Bertz CT molecular complexity index is 2120. The normalized spacial score (nSPS) is 8.42.